The average Bonchev–Trinajstić information content (AvgIpc) is 3.22. The van der Waals surface area contributed by atoms with E-state index in [1.807, 2.05) is 13.0 Å². The largest absolute Gasteiger partial charge is 0.391 e. The number of likely N-dealkylation sites (tertiary alicyclic amines) is 1. The third-order valence-electron chi connectivity index (χ3n) is 4.74. The molecule has 0 amide bonds. The molecule has 1 aliphatic heterocycles. The van der Waals surface area contributed by atoms with Crippen molar-refractivity contribution >= 4 is 11.0 Å². The van der Waals surface area contributed by atoms with E-state index in [1.54, 1.807) is 11.7 Å². The van der Waals surface area contributed by atoms with Crippen LogP contribution in [0.2, 0.25) is 0 Å². The summed E-state index contributed by atoms with van der Waals surface area (Å²) < 4.78 is 1.59. The van der Waals surface area contributed by atoms with Gasteiger partial charge in [-0.25, -0.2) is 4.98 Å². The van der Waals surface area contributed by atoms with Crippen LogP contribution in [0.3, 0.4) is 0 Å². The molecule has 1 aliphatic rings. The number of hydrogen-bond acceptors (Lipinski definition) is 6. The van der Waals surface area contributed by atoms with Gasteiger partial charge in [0.2, 0.25) is 0 Å². The smallest absolute Gasteiger partial charge is 0.262 e. The fraction of sp³-hybridized carbons (Fsp3) is 0.500. The number of fused-ring (bicyclic) bond motifs is 1. The van der Waals surface area contributed by atoms with Crippen LogP contribution in [0.4, 0.5) is 0 Å². The minimum Gasteiger partial charge on any atom is -0.391 e. The fourth-order valence-electron chi connectivity index (χ4n) is 3.48. The number of aromatic nitrogens is 6. The Balaban J connectivity index is 1.48. The maximum Gasteiger partial charge on any atom is 0.262 e. The molecule has 9 nitrogen and oxygen atoms in total. The van der Waals surface area contributed by atoms with Gasteiger partial charge in [-0.2, -0.15) is 10.2 Å². The zero-order chi connectivity index (χ0) is 17.6. The van der Waals surface area contributed by atoms with Gasteiger partial charge >= 0.3 is 0 Å². The summed E-state index contributed by atoms with van der Waals surface area (Å²) in [5.41, 5.74) is 2.37. The van der Waals surface area contributed by atoms with E-state index in [9.17, 15) is 9.90 Å². The number of hydrogen-bond donors (Lipinski definition) is 3. The Hall–Kier alpha value is -2.52. The Bertz CT molecular complexity index is 957. The molecule has 3 aromatic rings. The molecule has 1 saturated heterocycles. The second kappa shape index (κ2) is 6.08. The summed E-state index contributed by atoms with van der Waals surface area (Å²) in [6.45, 7) is 3.75. The normalized spacial score (nSPS) is 21.4. The van der Waals surface area contributed by atoms with Crippen molar-refractivity contribution in [2.75, 3.05) is 13.1 Å². The number of aryl methyl sites for hydroxylation is 2. The van der Waals surface area contributed by atoms with Crippen LogP contribution in [0.5, 0.6) is 0 Å². The zero-order valence-electron chi connectivity index (χ0n) is 14.2. The number of aliphatic hydroxyl groups is 1. The van der Waals surface area contributed by atoms with Gasteiger partial charge in [0.05, 0.1) is 24.5 Å². The summed E-state index contributed by atoms with van der Waals surface area (Å²) >= 11 is 0. The Labute approximate surface area is 143 Å². The predicted octanol–water partition coefficient (Wildman–Crippen LogP) is -0.276. The van der Waals surface area contributed by atoms with E-state index >= 15 is 0 Å². The summed E-state index contributed by atoms with van der Waals surface area (Å²) in [7, 11) is 1.76. The van der Waals surface area contributed by atoms with E-state index in [0.29, 0.717) is 29.9 Å². The minimum atomic E-state index is -0.413. The molecule has 132 valence electrons. The maximum atomic E-state index is 12.1. The molecule has 0 aromatic carbocycles. The Kier molecular flexibility index (Phi) is 3.89. The topological polar surface area (TPSA) is 116 Å². The SMILES string of the molecule is Cc1cc(C[C@@H]2CN(Cc3nc4c(cnn4C)c(=O)[nH]3)C[C@H]2O)n[nH]1. The molecule has 9 heteroatoms. The second-order valence-electron chi connectivity index (χ2n) is 6.79. The lowest BCUT2D eigenvalue weighted by molar-refractivity contribution is 0.140. The molecule has 3 N–H and O–H groups in total. The van der Waals surface area contributed by atoms with E-state index in [2.05, 4.69) is 30.2 Å². The Morgan fingerprint density at radius 3 is 3.00 bits per heavy atom. The molecule has 2 atom stereocenters. The number of aromatic amines is 2. The van der Waals surface area contributed by atoms with E-state index in [-0.39, 0.29) is 11.5 Å². The van der Waals surface area contributed by atoms with Crippen molar-refractivity contribution in [1.82, 2.24) is 34.8 Å². The summed E-state index contributed by atoms with van der Waals surface area (Å²) in [5, 5.41) is 22.1. The Morgan fingerprint density at radius 2 is 2.24 bits per heavy atom. The van der Waals surface area contributed by atoms with Crippen LogP contribution in [0.1, 0.15) is 17.2 Å². The van der Waals surface area contributed by atoms with Crippen LogP contribution < -0.4 is 5.56 Å². The van der Waals surface area contributed by atoms with Gasteiger partial charge in [0, 0.05) is 31.7 Å². The molecule has 0 spiro atoms. The number of aliphatic hydroxyl groups excluding tert-OH is 1. The molecule has 25 heavy (non-hydrogen) atoms. The molecule has 4 rings (SSSR count). The summed E-state index contributed by atoms with van der Waals surface area (Å²) in [6.07, 6.45) is 1.84. The van der Waals surface area contributed by atoms with Gasteiger partial charge in [0.25, 0.3) is 5.56 Å². The Morgan fingerprint density at radius 1 is 1.40 bits per heavy atom. The van der Waals surface area contributed by atoms with Crippen LogP contribution in [0, 0.1) is 12.8 Å². The minimum absolute atomic E-state index is 0.120. The first-order valence-electron chi connectivity index (χ1n) is 8.32. The lowest BCUT2D eigenvalue weighted by Crippen LogP contribution is -2.24. The van der Waals surface area contributed by atoms with Crippen LogP contribution in [-0.4, -0.2) is 59.1 Å². The van der Waals surface area contributed by atoms with Gasteiger partial charge in [-0.15, -0.1) is 0 Å². The van der Waals surface area contributed by atoms with Gasteiger partial charge in [-0.05, 0) is 19.4 Å². The summed E-state index contributed by atoms with van der Waals surface area (Å²) in [4.78, 5) is 21.6. The quantitative estimate of drug-likeness (QED) is 0.600. The van der Waals surface area contributed by atoms with Crippen molar-refractivity contribution in [1.29, 1.82) is 0 Å². The van der Waals surface area contributed by atoms with Crippen molar-refractivity contribution in [2.24, 2.45) is 13.0 Å². The van der Waals surface area contributed by atoms with Crippen molar-refractivity contribution < 1.29 is 5.11 Å². The van der Waals surface area contributed by atoms with Crippen LogP contribution in [0.15, 0.2) is 17.1 Å². The molecule has 4 heterocycles. The molecule has 0 radical (unpaired) electrons. The highest BCUT2D eigenvalue weighted by Crippen LogP contribution is 2.22. The predicted molar refractivity (Wildman–Crippen MR) is 90.9 cm³/mol. The van der Waals surface area contributed by atoms with Crippen LogP contribution in [-0.2, 0) is 20.0 Å². The second-order valence-corrected chi connectivity index (χ2v) is 6.79. The first-order chi connectivity index (χ1) is 12.0. The maximum absolute atomic E-state index is 12.1. The third-order valence-corrected chi connectivity index (χ3v) is 4.74. The zero-order valence-corrected chi connectivity index (χ0v) is 14.2. The van der Waals surface area contributed by atoms with Crippen LogP contribution in [0.25, 0.3) is 11.0 Å². The van der Waals surface area contributed by atoms with Crippen molar-refractivity contribution in [3.05, 3.63) is 39.8 Å². The molecule has 1 fully saturated rings. The standard InChI is InChI=1S/C16H21N7O2/c1-9-3-11(21-20-9)4-10-6-23(7-13(10)24)8-14-18-15-12(16(25)19-14)5-17-22(15)2/h3,5,10,13,24H,4,6-8H2,1-2H3,(H,20,21)(H,18,19,25)/t10-,13-/m1/s1. The van der Waals surface area contributed by atoms with E-state index < -0.39 is 6.10 Å². The number of β-amino-alcohol motifs (C(OH)–C–C–N with tert-alkyl or cyclic N) is 1. The van der Waals surface area contributed by atoms with Gasteiger partial charge in [0.1, 0.15) is 11.2 Å². The summed E-state index contributed by atoms with van der Waals surface area (Å²) in [6, 6.07) is 2.00. The van der Waals surface area contributed by atoms with Crippen molar-refractivity contribution in [3.8, 4) is 0 Å². The van der Waals surface area contributed by atoms with Gasteiger partial charge in [0.15, 0.2) is 5.65 Å². The molecule has 0 unspecified atom stereocenters. The van der Waals surface area contributed by atoms with Gasteiger partial charge in [-0.3, -0.25) is 19.5 Å². The highest BCUT2D eigenvalue weighted by molar-refractivity contribution is 5.72. The van der Waals surface area contributed by atoms with E-state index in [0.717, 1.165) is 24.4 Å². The van der Waals surface area contributed by atoms with Gasteiger partial charge in [-0.1, -0.05) is 0 Å². The number of nitrogens with zero attached hydrogens (tertiary/aromatic N) is 5. The number of H-pyrrole nitrogens is 2. The van der Waals surface area contributed by atoms with Crippen LogP contribution >= 0.6 is 0 Å². The fourth-order valence-corrected chi connectivity index (χ4v) is 3.48. The van der Waals surface area contributed by atoms with E-state index in [4.69, 9.17) is 0 Å². The summed E-state index contributed by atoms with van der Waals surface area (Å²) in [5.74, 6) is 0.708. The van der Waals surface area contributed by atoms with Crippen molar-refractivity contribution in [3.63, 3.8) is 0 Å². The number of nitrogens with one attached hydrogen (secondary N) is 2. The molecule has 0 aliphatic carbocycles. The number of rotatable bonds is 4. The highest BCUT2D eigenvalue weighted by atomic mass is 16.3. The molecule has 0 saturated carbocycles. The average molecular weight is 343 g/mol. The lowest BCUT2D eigenvalue weighted by Gasteiger charge is -2.14. The first kappa shape index (κ1) is 16.0. The van der Waals surface area contributed by atoms with Crippen molar-refractivity contribution in [2.45, 2.75) is 26.0 Å². The third kappa shape index (κ3) is 3.08. The van der Waals surface area contributed by atoms with E-state index in [1.165, 1.54) is 6.20 Å². The van der Waals surface area contributed by atoms with Gasteiger partial charge < -0.3 is 10.1 Å². The molecule has 0 bridgehead atoms. The molecule has 3 aromatic heterocycles. The first-order valence-corrected chi connectivity index (χ1v) is 8.32. The molecular weight excluding hydrogens is 322 g/mol. The highest BCUT2D eigenvalue weighted by Gasteiger charge is 2.32. The lowest BCUT2D eigenvalue weighted by atomic mass is 10.0. The molecular formula is C16H21N7O2. The monoisotopic (exact) mass is 343 g/mol.